The second-order valence-corrected chi connectivity index (χ2v) is 7.85. The molecule has 6 heteroatoms. The Morgan fingerprint density at radius 2 is 2.33 bits per heavy atom. The number of rotatable bonds is 6. The van der Waals surface area contributed by atoms with Crippen molar-refractivity contribution >= 4 is 29.1 Å². The molecule has 0 spiro atoms. The number of likely N-dealkylation sites (N-methyl/N-ethyl adjacent to an activating group) is 1. The molecule has 21 heavy (non-hydrogen) atoms. The van der Waals surface area contributed by atoms with Crippen molar-refractivity contribution in [1.29, 1.82) is 0 Å². The van der Waals surface area contributed by atoms with Gasteiger partial charge in [0.05, 0.1) is 6.04 Å². The lowest BCUT2D eigenvalue weighted by Crippen LogP contribution is -2.43. The van der Waals surface area contributed by atoms with Crippen molar-refractivity contribution in [3.63, 3.8) is 0 Å². The molecule has 2 heterocycles. The lowest BCUT2D eigenvalue weighted by Gasteiger charge is -2.25. The third-order valence-corrected chi connectivity index (χ3v) is 6.07. The highest BCUT2D eigenvalue weighted by atomic mass is 32.2. The molecule has 1 aliphatic heterocycles. The van der Waals surface area contributed by atoms with Gasteiger partial charge in [0.2, 0.25) is 0 Å². The predicted octanol–water partition coefficient (Wildman–Crippen LogP) is 2.41. The lowest BCUT2D eigenvalue weighted by molar-refractivity contribution is 0.302. The van der Waals surface area contributed by atoms with Crippen LogP contribution in [0, 0.1) is 0 Å². The summed E-state index contributed by atoms with van der Waals surface area (Å²) in [5.74, 6) is 2.21. The monoisotopic (exact) mass is 326 g/mol. The van der Waals surface area contributed by atoms with E-state index >= 15 is 0 Å². The molecule has 0 bridgehead atoms. The van der Waals surface area contributed by atoms with Crippen molar-refractivity contribution < 1.29 is 0 Å². The van der Waals surface area contributed by atoms with E-state index in [2.05, 4.69) is 63.9 Å². The Bertz CT molecular complexity index is 425. The smallest absolute Gasteiger partial charge is 0.191 e. The van der Waals surface area contributed by atoms with Gasteiger partial charge in [0.15, 0.2) is 5.96 Å². The average Bonchev–Trinajstić information content (AvgIpc) is 3.15. The first-order valence-electron chi connectivity index (χ1n) is 7.46. The van der Waals surface area contributed by atoms with Crippen molar-refractivity contribution in [2.75, 3.05) is 40.0 Å². The molecular weight excluding hydrogens is 300 g/mol. The van der Waals surface area contributed by atoms with Crippen LogP contribution in [-0.2, 0) is 0 Å². The molecule has 118 valence electrons. The molecule has 1 aromatic heterocycles. The van der Waals surface area contributed by atoms with Gasteiger partial charge in [-0.3, -0.25) is 4.99 Å². The quantitative estimate of drug-likeness (QED) is 0.622. The first kappa shape index (κ1) is 16.6. The number of thioether (sulfide) groups is 1. The minimum Gasteiger partial charge on any atom is -0.355 e. The van der Waals surface area contributed by atoms with Gasteiger partial charge in [-0.1, -0.05) is 6.07 Å². The summed E-state index contributed by atoms with van der Waals surface area (Å²) < 4.78 is 0. The molecule has 2 atom stereocenters. The van der Waals surface area contributed by atoms with Crippen LogP contribution in [-0.4, -0.2) is 56.1 Å². The predicted molar refractivity (Wildman–Crippen MR) is 95.6 cm³/mol. The number of aliphatic imine (C=N–C) groups is 1. The van der Waals surface area contributed by atoms with Gasteiger partial charge < -0.3 is 15.5 Å². The Labute approximate surface area is 136 Å². The van der Waals surface area contributed by atoms with Gasteiger partial charge in [-0.05, 0) is 44.1 Å². The van der Waals surface area contributed by atoms with Crippen LogP contribution in [0.3, 0.4) is 0 Å². The van der Waals surface area contributed by atoms with Crippen molar-refractivity contribution in [2.24, 2.45) is 4.99 Å². The van der Waals surface area contributed by atoms with Gasteiger partial charge in [0.1, 0.15) is 0 Å². The Kier molecular flexibility index (Phi) is 6.86. The summed E-state index contributed by atoms with van der Waals surface area (Å²) >= 11 is 3.88. The fourth-order valence-corrected chi connectivity index (χ4v) is 4.57. The van der Waals surface area contributed by atoms with Crippen LogP contribution in [0.25, 0.3) is 0 Å². The van der Waals surface area contributed by atoms with Gasteiger partial charge in [-0.25, -0.2) is 0 Å². The SMILES string of the molecule is CN=C(NCC1CCCS1)NCC(c1cccs1)N(C)C. The number of guanidine groups is 1. The Morgan fingerprint density at radius 1 is 1.48 bits per heavy atom. The minimum atomic E-state index is 0.379. The normalized spacial score (nSPS) is 20.8. The first-order valence-corrected chi connectivity index (χ1v) is 9.39. The molecule has 0 aromatic carbocycles. The second-order valence-electron chi connectivity index (χ2n) is 5.46. The number of nitrogens with zero attached hydrogens (tertiary/aromatic N) is 2. The Hall–Kier alpha value is -0.720. The van der Waals surface area contributed by atoms with E-state index in [9.17, 15) is 0 Å². The Morgan fingerprint density at radius 3 is 2.90 bits per heavy atom. The first-order chi connectivity index (χ1) is 10.2. The van der Waals surface area contributed by atoms with Gasteiger partial charge >= 0.3 is 0 Å². The van der Waals surface area contributed by atoms with Crippen LogP contribution >= 0.6 is 23.1 Å². The third-order valence-electron chi connectivity index (χ3n) is 3.70. The summed E-state index contributed by atoms with van der Waals surface area (Å²) in [6.45, 7) is 1.88. The maximum atomic E-state index is 4.33. The van der Waals surface area contributed by atoms with E-state index in [1.165, 1.54) is 23.5 Å². The van der Waals surface area contributed by atoms with E-state index in [0.29, 0.717) is 6.04 Å². The maximum absolute atomic E-state index is 4.33. The highest BCUT2D eigenvalue weighted by Gasteiger charge is 2.17. The molecule has 2 rings (SSSR count). The van der Waals surface area contributed by atoms with Gasteiger partial charge in [0.25, 0.3) is 0 Å². The van der Waals surface area contributed by atoms with E-state index in [1.54, 1.807) is 0 Å². The molecule has 4 nitrogen and oxygen atoms in total. The molecule has 0 radical (unpaired) electrons. The fourth-order valence-electron chi connectivity index (χ4n) is 2.45. The van der Waals surface area contributed by atoms with E-state index in [1.807, 2.05) is 18.4 Å². The molecule has 1 fully saturated rings. The van der Waals surface area contributed by atoms with Crippen molar-refractivity contribution in [1.82, 2.24) is 15.5 Å². The van der Waals surface area contributed by atoms with Gasteiger partial charge in [-0.2, -0.15) is 11.8 Å². The maximum Gasteiger partial charge on any atom is 0.191 e. The van der Waals surface area contributed by atoms with Crippen LogP contribution in [0.2, 0.25) is 0 Å². The molecule has 0 aliphatic carbocycles. The molecule has 1 aromatic rings. The van der Waals surface area contributed by atoms with Crippen LogP contribution in [0.15, 0.2) is 22.5 Å². The summed E-state index contributed by atoms with van der Waals surface area (Å²) in [7, 11) is 6.09. The largest absolute Gasteiger partial charge is 0.355 e. The standard InChI is InChI=1S/C15H26N4S2/c1-16-15(17-10-12-6-4-8-20-12)18-11-13(19(2)3)14-7-5-9-21-14/h5,7,9,12-13H,4,6,8,10-11H2,1-3H3,(H2,16,17,18). The fraction of sp³-hybridized carbons (Fsp3) is 0.667. The third kappa shape index (κ3) is 5.20. The van der Waals surface area contributed by atoms with Crippen LogP contribution in [0.1, 0.15) is 23.8 Å². The average molecular weight is 327 g/mol. The minimum absolute atomic E-state index is 0.379. The summed E-state index contributed by atoms with van der Waals surface area (Å²) in [4.78, 5) is 7.96. The van der Waals surface area contributed by atoms with Gasteiger partial charge in [-0.15, -0.1) is 11.3 Å². The molecular formula is C15H26N4S2. The number of nitrogens with one attached hydrogen (secondary N) is 2. The van der Waals surface area contributed by atoms with E-state index in [-0.39, 0.29) is 0 Å². The molecule has 1 aliphatic rings. The number of thiophene rings is 1. The topological polar surface area (TPSA) is 39.7 Å². The summed E-state index contributed by atoms with van der Waals surface area (Å²) in [5, 5.41) is 9.79. The van der Waals surface area contributed by atoms with Crippen LogP contribution < -0.4 is 10.6 Å². The Balaban J connectivity index is 1.80. The zero-order chi connectivity index (χ0) is 15.1. The lowest BCUT2D eigenvalue weighted by atomic mass is 10.2. The molecule has 1 saturated heterocycles. The second kappa shape index (κ2) is 8.66. The molecule has 2 N–H and O–H groups in total. The number of hydrogen-bond acceptors (Lipinski definition) is 4. The highest BCUT2D eigenvalue weighted by Crippen LogP contribution is 2.25. The molecule has 2 unspecified atom stereocenters. The zero-order valence-electron chi connectivity index (χ0n) is 13.1. The van der Waals surface area contributed by atoms with Crippen molar-refractivity contribution in [2.45, 2.75) is 24.1 Å². The van der Waals surface area contributed by atoms with E-state index < -0.39 is 0 Å². The van der Waals surface area contributed by atoms with Crippen molar-refractivity contribution in [3.05, 3.63) is 22.4 Å². The van der Waals surface area contributed by atoms with E-state index in [0.717, 1.165) is 24.3 Å². The summed E-state index contributed by atoms with van der Waals surface area (Å²) in [6, 6.07) is 4.69. The summed E-state index contributed by atoms with van der Waals surface area (Å²) in [6.07, 6.45) is 2.67. The van der Waals surface area contributed by atoms with Crippen molar-refractivity contribution in [3.8, 4) is 0 Å². The highest BCUT2D eigenvalue weighted by molar-refractivity contribution is 8.00. The van der Waals surface area contributed by atoms with Crippen LogP contribution in [0.4, 0.5) is 0 Å². The van der Waals surface area contributed by atoms with Crippen LogP contribution in [0.5, 0.6) is 0 Å². The number of hydrogen-bond donors (Lipinski definition) is 2. The zero-order valence-corrected chi connectivity index (χ0v) is 14.8. The molecule has 0 amide bonds. The van der Waals surface area contributed by atoms with Gasteiger partial charge in [0, 0.05) is 30.3 Å². The summed E-state index contributed by atoms with van der Waals surface area (Å²) in [5.41, 5.74) is 0. The van der Waals surface area contributed by atoms with E-state index in [4.69, 9.17) is 0 Å². The molecule has 0 saturated carbocycles.